The number of carbonyl (C=O) groups is 2. The molecule has 1 aliphatic rings. The zero-order chi connectivity index (χ0) is 16.4. The van der Waals surface area contributed by atoms with Crippen molar-refractivity contribution in [3.63, 3.8) is 0 Å². The SMILES string of the molecule is COc1ccc2c(c1OC)C(=O)N(CCc1ccccc1)C2=O. The summed E-state index contributed by atoms with van der Waals surface area (Å²) in [5.41, 5.74) is 1.72. The van der Waals surface area contributed by atoms with Gasteiger partial charge in [0, 0.05) is 6.54 Å². The number of fused-ring (bicyclic) bond motifs is 1. The maximum atomic E-state index is 12.6. The maximum Gasteiger partial charge on any atom is 0.265 e. The first-order valence-corrected chi connectivity index (χ1v) is 7.32. The molecule has 0 spiro atoms. The van der Waals surface area contributed by atoms with Gasteiger partial charge in [-0.3, -0.25) is 14.5 Å². The second kappa shape index (κ2) is 6.12. The molecule has 5 heteroatoms. The van der Waals surface area contributed by atoms with Crippen LogP contribution in [0.25, 0.3) is 0 Å². The minimum atomic E-state index is -0.336. The normalized spacial score (nSPS) is 13.2. The number of rotatable bonds is 5. The van der Waals surface area contributed by atoms with Crippen molar-refractivity contribution < 1.29 is 19.1 Å². The quantitative estimate of drug-likeness (QED) is 0.796. The number of hydrogen-bond acceptors (Lipinski definition) is 4. The van der Waals surface area contributed by atoms with Crippen molar-refractivity contribution in [2.24, 2.45) is 0 Å². The molecule has 0 fully saturated rings. The molecule has 5 nitrogen and oxygen atoms in total. The number of carbonyl (C=O) groups excluding carboxylic acids is 2. The third-order valence-corrected chi connectivity index (χ3v) is 3.95. The van der Waals surface area contributed by atoms with Crippen LogP contribution < -0.4 is 9.47 Å². The van der Waals surface area contributed by atoms with Gasteiger partial charge < -0.3 is 9.47 Å². The van der Waals surface area contributed by atoms with Gasteiger partial charge in [-0.15, -0.1) is 0 Å². The number of ether oxygens (including phenoxy) is 2. The number of nitrogens with zero attached hydrogens (tertiary/aromatic N) is 1. The number of amides is 2. The van der Waals surface area contributed by atoms with E-state index in [1.807, 2.05) is 30.3 Å². The number of hydrogen-bond donors (Lipinski definition) is 0. The molecule has 0 unspecified atom stereocenters. The second-order valence-corrected chi connectivity index (χ2v) is 5.22. The van der Waals surface area contributed by atoms with Crippen molar-refractivity contribution >= 4 is 11.8 Å². The number of benzene rings is 2. The van der Waals surface area contributed by atoms with Crippen LogP contribution >= 0.6 is 0 Å². The second-order valence-electron chi connectivity index (χ2n) is 5.22. The lowest BCUT2D eigenvalue weighted by Gasteiger charge is -2.14. The van der Waals surface area contributed by atoms with Crippen LogP contribution in [0.2, 0.25) is 0 Å². The molecule has 0 saturated carbocycles. The topological polar surface area (TPSA) is 55.8 Å². The Morgan fingerprint density at radius 3 is 2.30 bits per heavy atom. The standard InChI is InChI=1S/C18H17NO4/c1-22-14-9-8-13-15(16(14)23-2)18(21)19(17(13)20)11-10-12-6-4-3-5-7-12/h3-9H,10-11H2,1-2H3. The molecule has 23 heavy (non-hydrogen) atoms. The molecule has 2 aromatic carbocycles. The molecule has 118 valence electrons. The van der Waals surface area contributed by atoms with Gasteiger partial charge in [0.15, 0.2) is 11.5 Å². The summed E-state index contributed by atoms with van der Waals surface area (Å²) >= 11 is 0. The zero-order valence-corrected chi connectivity index (χ0v) is 13.0. The molecular weight excluding hydrogens is 294 g/mol. The van der Waals surface area contributed by atoms with Crippen LogP contribution in [0, 0.1) is 0 Å². The predicted octanol–water partition coefficient (Wildman–Crippen LogP) is 2.54. The minimum Gasteiger partial charge on any atom is -0.493 e. The Hall–Kier alpha value is -2.82. The molecule has 0 aromatic heterocycles. The zero-order valence-electron chi connectivity index (χ0n) is 13.0. The molecule has 0 atom stereocenters. The van der Waals surface area contributed by atoms with E-state index < -0.39 is 0 Å². The van der Waals surface area contributed by atoms with E-state index in [1.165, 1.54) is 19.1 Å². The molecular formula is C18H17NO4. The summed E-state index contributed by atoms with van der Waals surface area (Å²) in [6.45, 7) is 0.335. The van der Waals surface area contributed by atoms with E-state index in [2.05, 4.69) is 0 Å². The summed E-state index contributed by atoms with van der Waals surface area (Å²) in [5.74, 6) is 0.126. The van der Waals surface area contributed by atoms with Crippen molar-refractivity contribution in [3.05, 3.63) is 59.2 Å². The van der Waals surface area contributed by atoms with Crippen molar-refractivity contribution in [2.75, 3.05) is 20.8 Å². The average Bonchev–Trinajstić information content (AvgIpc) is 2.84. The van der Waals surface area contributed by atoms with E-state index in [0.29, 0.717) is 30.0 Å². The Balaban J connectivity index is 1.88. The van der Waals surface area contributed by atoms with E-state index in [0.717, 1.165) is 5.56 Å². The Labute approximate surface area is 134 Å². The van der Waals surface area contributed by atoms with Gasteiger partial charge in [0.25, 0.3) is 11.8 Å². The molecule has 0 bridgehead atoms. The highest BCUT2D eigenvalue weighted by molar-refractivity contribution is 6.23. The highest BCUT2D eigenvalue weighted by Crippen LogP contribution is 2.38. The molecule has 2 aromatic rings. The van der Waals surface area contributed by atoms with Gasteiger partial charge in [0.2, 0.25) is 0 Å². The van der Waals surface area contributed by atoms with Crippen LogP contribution in [-0.2, 0) is 6.42 Å². The maximum absolute atomic E-state index is 12.6. The summed E-state index contributed by atoms with van der Waals surface area (Å²) in [7, 11) is 2.96. The van der Waals surface area contributed by atoms with E-state index in [9.17, 15) is 9.59 Å². The summed E-state index contributed by atoms with van der Waals surface area (Å²) in [6, 6.07) is 13.0. The van der Waals surface area contributed by atoms with Crippen LogP contribution in [0.5, 0.6) is 11.5 Å². The fourth-order valence-electron chi connectivity index (χ4n) is 2.78. The fourth-order valence-corrected chi connectivity index (χ4v) is 2.78. The summed E-state index contributed by atoms with van der Waals surface area (Å²) < 4.78 is 10.5. The monoisotopic (exact) mass is 311 g/mol. The van der Waals surface area contributed by atoms with E-state index >= 15 is 0 Å². The smallest absolute Gasteiger partial charge is 0.265 e. The van der Waals surface area contributed by atoms with Crippen LogP contribution in [0.4, 0.5) is 0 Å². The first kappa shape index (κ1) is 15.1. The van der Waals surface area contributed by atoms with Crippen LogP contribution in [0.1, 0.15) is 26.3 Å². The Morgan fingerprint density at radius 1 is 0.913 bits per heavy atom. The van der Waals surface area contributed by atoms with Gasteiger partial charge in [0.1, 0.15) is 0 Å². The van der Waals surface area contributed by atoms with Gasteiger partial charge in [0.05, 0.1) is 25.3 Å². The molecule has 0 saturated heterocycles. The van der Waals surface area contributed by atoms with Gasteiger partial charge in [-0.25, -0.2) is 0 Å². The minimum absolute atomic E-state index is 0.282. The average molecular weight is 311 g/mol. The van der Waals surface area contributed by atoms with Gasteiger partial charge in [-0.1, -0.05) is 30.3 Å². The molecule has 3 rings (SSSR count). The summed E-state index contributed by atoms with van der Waals surface area (Å²) in [5, 5.41) is 0. The van der Waals surface area contributed by atoms with Gasteiger partial charge in [-0.05, 0) is 24.1 Å². The van der Waals surface area contributed by atoms with Crippen LogP contribution in [-0.4, -0.2) is 37.5 Å². The highest BCUT2D eigenvalue weighted by Gasteiger charge is 2.39. The van der Waals surface area contributed by atoms with Gasteiger partial charge >= 0.3 is 0 Å². The van der Waals surface area contributed by atoms with Crippen molar-refractivity contribution in [2.45, 2.75) is 6.42 Å². The van der Waals surface area contributed by atoms with Gasteiger partial charge in [-0.2, -0.15) is 0 Å². The largest absolute Gasteiger partial charge is 0.493 e. The number of imide groups is 1. The molecule has 1 heterocycles. The van der Waals surface area contributed by atoms with Crippen molar-refractivity contribution in [1.29, 1.82) is 0 Å². The Kier molecular flexibility index (Phi) is 4.02. The third kappa shape index (κ3) is 2.54. The molecule has 0 N–H and O–H groups in total. The summed E-state index contributed by atoms with van der Waals surface area (Å²) in [6.07, 6.45) is 0.617. The Morgan fingerprint density at radius 2 is 1.65 bits per heavy atom. The van der Waals surface area contributed by atoms with Crippen LogP contribution in [0.3, 0.4) is 0 Å². The lowest BCUT2D eigenvalue weighted by Crippen LogP contribution is -2.31. The molecule has 0 aliphatic carbocycles. The van der Waals surface area contributed by atoms with Crippen LogP contribution in [0.15, 0.2) is 42.5 Å². The van der Waals surface area contributed by atoms with E-state index in [4.69, 9.17) is 9.47 Å². The first-order chi connectivity index (χ1) is 11.2. The summed E-state index contributed by atoms with van der Waals surface area (Å²) in [4.78, 5) is 26.4. The lowest BCUT2D eigenvalue weighted by atomic mass is 10.1. The first-order valence-electron chi connectivity index (χ1n) is 7.32. The molecule has 1 aliphatic heterocycles. The number of methoxy groups -OCH3 is 2. The van der Waals surface area contributed by atoms with E-state index in [1.54, 1.807) is 12.1 Å². The van der Waals surface area contributed by atoms with Crippen molar-refractivity contribution in [3.8, 4) is 11.5 Å². The lowest BCUT2D eigenvalue weighted by molar-refractivity contribution is 0.0655. The molecule has 0 radical (unpaired) electrons. The predicted molar refractivity (Wildman–Crippen MR) is 85.1 cm³/mol. The van der Waals surface area contributed by atoms with E-state index in [-0.39, 0.29) is 17.4 Å². The Bertz CT molecular complexity index is 755. The highest BCUT2D eigenvalue weighted by atomic mass is 16.5. The molecule has 2 amide bonds. The fraction of sp³-hybridized carbons (Fsp3) is 0.222. The third-order valence-electron chi connectivity index (χ3n) is 3.95. The van der Waals surface area contributed by atoms with Crippen molar-refractivity contribution in [1.82, 2.24) is 4.90 Å².